The minimum Gasteiger partial charge on any atom is -0.507 e. The Morgan fingerprint density at radius 1 is 1.07 bits per heavy atom. The lowest BCUT2D eigenvalue weighted by Gasteiger charge is -2.04. The summed E-state index contributed by atoms with van der Waals surface area (Å²) >= 11 is 6.18. The molecule has 30 heavy (non-hydrogen) atoms. The van der Waals surface area contributed by atoms with E-state index in [1.807, 2.05) is 44.2 Å². The number of nitrogens with zero attached hydrogens (tertiary/aromatic N) is 6. The number of aromatic hydroxyl groups is 1. The van der Waals surface area contributed by atoms with Crippen molar-refractivity contribution in [1.82, 2.24) is 24.8 Å². The second kappa shape index (κ2) is 6.93. The predicted octanol–water partition coefficient (Wildman–Crippen LogP) is 4.36. The number of aliphatic imine (C=N–C) groups is 1. The van der Waals surface area contributed by atoms with E-state index in [1.165, 1.54) is 0 Å². The Morgan fingerprint density at radius 3 is 2.67 bits per heavy atom. The maximum Gasteiger partial charge on any atom is 0.205 e. The Labute approximate surface area is 176 Å². The number of hydrogen-bond acceptors (Lipinski definition) is 6. The van der Waals surface area contributed by atoms with Gasteiger partial charge in [0.25, 0.3) is 0 Å². The number of imidazole rings is 1. The molecule has 0 radical (unpaired) electrons. The Balaban J connectivity index is 1.72. The van der Waals surface area contributed by atoms with Gasteiger partial charge in [-0.05, 0) is 32.0 Å². The maximum atomic E-state index is 10.5. The molecule has 4 aromatic rings. The first-order valence-corrected chi connectivity index (χ1v) is 9.60. The van der Waals surface area contributed by atoms with Crippen LogP contribution in [-0.4, -0.2) is 41.4 Å². The van der Waals surface area contributed by atoms with Gasteiger partial charge in [0.05, 0.1) is 11.4 Å². The van der Waals surface area contributed by atoms with Gasteiger partial charge in [0.1, 0.15) is 17.3 Å². The van der Waals surface area contributed by atoms with Crippen molar-refractivity contribution in [2.24, 2.45) is 10.1 Å². The van der Waals surface area contributed by atoms with Gasteiger partial charge in [-0.25, -0.2) is 9.98 Å². The molecule has 9 heteroatoms. The molecule has 148 valence electrons. The molecular weight excluding hydrogens is 402 g/mol. The van der Waals surface area contributed by atoms with Crippen LogP contribution in [0.5, 0.6) is 5.75 Å². The average Bonchev–Trinajstić information content (AvgIpc) is 3.41. The number of rotatable bonds is 3. The molecule has 2 aromatic carbocycles. The minimum absolute atomic E-state index is 0.0694. The summed E-state index contributed by atoms with van der Waals surface area (Å²) in [7, 11) is 0. The van der Waals surface area contributed by atoms with Gasteiger partial charge in [-0.2, -0.15) is 9.78 Å². The number of phenols is 1. The van der Waals surface area contributed by atoms with Crippen LogP contribution in [0.1, 0.15) is 18.6 Å². The van der Waals surface area contributed by atoms with Gasteiger partial charge in [0.2, 0.25) is 5.82 Å². The zero-order valence-electron chi connectivity index (χ0n) is 16.1. The number of phenolic OH excluding ortho intramolecular Hbond substituents is 1. The number of aryl methyl sites for hydroxylation is 1. The topological polar surface area (TPSA) is 104 Å². The summed E-state index contributed by atoms with van der Waals surface area (Å²) in [6.07, 6.45) is 0. The van der Waals surface area contributed by atoms with Crippen LogP contribution in [0.2, 0.25) is 5.02 Å². The highest BCUT2D eigenvalue weighted by Crippen LogP contribution is 2.38. The molecule has 0 saturated carbocycles. The zero-order valence-corrected chi connectivity index (χ0v) is 16.9. The number of aromatic amines is 1. The first-order chi connectivity index (χ1) is 14.5. The second-order valence-corrected chi connectivity index (χ2v) is 7.28. The lowest BCUT2D eigenvalue weighted by molar-refractivity contribution is 0.477. The quantitative estimate of drug-likeness (QED) is 0.516. The van der Waals surface area contributed by atoms with Gasteiger partial charge in [0, 0.05) is 16.1 Å². The normalized spacial score (nSPS) is 14.2. The minimum atomic E-state index is 0.0694. The van der Waals surface area contributed by atoms with E-state index in [4.69, 9.17) is 21.6 Å². The third-order valence-electron chi connectivity index (χ3n) is 4.78. The molecule has 0 atom stereocenters. The fourth-order valence-electron chi connectivity index (χ4n) is 3.30. The van der Waals surface area contributed by atoms with Crippen LogP contribution in [0.4, 0.5) is 5.82 Å². The van der Waals surface area contributed by atoms with Crippen LogP contribution in [-0.2, 0) is 0 Å². The number of benzene rings is 2. The van der Waals surface area contributed by atoms with Crippen LogP contribution in [0, 0.1) is 6.92 Å². The van der Waals surface area contributed by atoms with E-state index in [2.05, 4.69) is 20.3 Å². The summed E-state index contributed by atoms with van der Waals surface area (Å²) in [6, 6.07) is 14.5. The number of fused-ring (bicyclic) bond motifs is 1. The van der Waals surface area contributed by atoms with Crippen LogP contribution >= 0.6 is 11.6 Å². The molecule has 1 aliphatic heterocycles. The Kier molecular flexibility index (Phi) is 4.22. The fourth-order valence-corrected chi connectivity index (χ4v) is 3.47. The standard InChI is InChI=1S/C21H16ClN7O/c1-11-17(21-27-26-12(2)29(21)28-11)23-20-18(15-10-14(22)8-9-16(15)30)24-19(25-20)13-6-4-3-5-7-13/h3-10,30H,1-2H3,(H,24,25). The number of aromatic nitrogens is 5. The zero-order chi connectivity index (χ0) is 20.8. The molecule has 8 nitrogen and oxygen atoms in total. The van der Waals surface area contributed by atoms with Crippen molar-refractivity contribution in [2.45, 2.75) is 13.8 Å². The highest BCUT2D eigenvalue weighted by molar-refractivity contribution is 6.48. The smallest absolute Gasteiger partial charge is 0.205 e. The van der Waals surface area contributed by atoms with E-state index < -0.39 is 0 Å². The van der Waals surface area contributed by atoms with E-state index in [0.717, 1.165) is 5.56 Å². The van der Waals surface area contributed by atoms with Crippen LogP contribution < -0.4 is 0 Å². The summed E-state index contributed by atoms with van der Waals surface area (Å²) in [6.45, 7) is 3.68. The summed E-state index contributed by atoms with van der Waals surface area (Å²) in [4.78, 5) is 12.7. The molecule has 3 heterocycles. The summed E-state index contributed by atoms with van der Waals surface area (Å²) < 4.78 is 1.65. The van der Waals surface area contributed by atoms with Gasteiger partial charge in [-0.15, -0.1) is 10.2 Å². The number of halogens is 1. The van der Waals surface area contributed by atoms with E-state index in [0.29, 0.717) is 51.0 Å². The van der Waals surface area contributed by atoms with Gasteiger partial charge in [-0.1, -0.05) is 41.9 Å². The Bertz CT molecular complexity index is 1330. The van der Waals surface area contributed by atoms with Gasteiger partial charge < -0.3 is 10.1 Å². The fraction of sp³-hybridized carbons (Fsp3) is 0.0952. The van der Waals surface area contributed by atoms with Crippen molar-refractivity contribution in [3.63, 3.8) is 0 Å². The second-order valence-electron chi connectivity index (χ2n) is 6.84. The van der Waals surface area contributed by atoms with Crippen molar-refractivity contribution in [1.29, 1.82) is 0 Å². The molecule has 0 amide bonds. The number of hydrogen-bond donors (Lipinski definition) is 2. The largest absolute Gasteiger partial charge is 0.507 e. The lowest BCUT2D eigenvalue weighted by atomic mass is 10.1. The molecule has 5 rings (SSSR count). The summed E-state index contributed by atoms with van der Waals surface area (Å²) in [5.41, 5.74) is 3.21. The molecule has 0 unspecified atom stereocenters. The van der Waals surface area contributed by atoms with Gasteiger partial charge in [-0.3, -0.25) is 0 Å². The van der Waals surface area contributed by atoms with E-state index in [9.17, 15) is 5.11 Å². The Hall–Kier alpha value is -3.78. The summed E-state index contributed by atoms with van der Waals surface area (Å²) in [5.74, 6) is 2.31. The molecule has 0 spiro atoms. The van der Waals surface area contributed by atoms with Crippen LogP contribution in [0.25, 0.3) is 22.6 Å². The Morgan fingerprint density at radius 2 is 1.87 bits per heavy atom. The van der Waals surface area contributed by atoms with Crippen molar-refractivity contribution in [3.8, 4) is 28.4 Å². The first-order valence-electron chi connectivity index (χ1n) is 9.22. The van der Waals surface area contributed by atoms with Crippen molar-refractivity contribution >= 4 is 28.8 Å². The highest BCUT2D eigenvalue weighted by atomic mass is 35.5. The molecule has 2 N–H and O–H groups in total. The SMILES string of the molecule is CC1=Nn2c(C)nnc2C1=Nc1nc(-c2ccccc2)[nH]c1-c1cc(Cl)ccc1O. The third kappa shape index (κ3) is 2.98. The molecule has 1 aliphatic rings. The van der Waals surface area contributed by atoms with Gasteiger partial charge in [0.15, 0.2) is 11.6 Å². The molecule has 0 bridgehead atoms. The predicted molar refractivity (Wildman–Crippen MR) is 116 cm³/mol. The molecule has 2 aromatic heterocycles. The van der Waals surface area contributed by atoms with E-state index >= 15 is 0 Å². The lowest BCUT2D eigenvalue weighted by Crippen LogP contribution is -2.08. The van der Waals surface area contributed by atoms with Crippen molar-refractivity contribution in [3.05, 3.63) is 65.2 Å². The third-order valence-corrected chi connectivity index (χ3v) is 5.01. The van der Waals surface area contributed by atoms with Crippen LogP contribution in [0.15, 0.2) is 58.6 Å². The molecule has 0 saturated heterocycles. The maximum absolute atomic E-state index is 10.5. The van der Waals surface area contributed by atoms with Crippen molar-refractivity contribution in [2.75, 3.05) is 0 Å². The number of H-pyrrole nitrogens is 1. The van der Waals surface area contributed by atoms with E-state index in [-0.39, 0.29) is 5.75 Å². The highest BCUT2D eigenvalue weighted by Gasteiger charge is 2.26. The first kappa shape index (κ1) is 18.3. The van der Waals surface area contributed by atoms with Gasteiger partial charge >= 0.3 is 0 Å². The average molecular weight is 418 g/mol. The van der Waals surface area contributed by atoms with Crippen LogP contribution in [0.3, 0.4) is 0 Å². The monoisotopic (exact) mass is 417 g/mol. The summed E-state index contributed by atoms with van der Waals surface area (Å²) in [5, 5.41) is 23.7. The van der Waals surface area contributed by atoms with Crippen molar-refractivity contribution < 1.29 is 5.11 Å². The number of nitrogens with one attached hydrogen (secondary N) is 1. The molecule has 0 aliphatic carbocycles. The van der Waals surface area contributed by atoms with E-state index in [1.54, 1.807) is 22.9 Å². The molecular formula is C21H16ClN7O. The molecule has 0 fully saturated rings.